The summed E-state index contributed by atoms with van der Waals surface area (Å²) in [5.74, 6) is 0. The number of alkyl halides is 6. The van der Waals surface area contributed by atoms with Gasteiger partial charge in [0, 0.05) is 5.56 Å². The third kappa shape index (κ3) is 3.77. The van der Waals surface area contributed by atoms with Gasteiger partial charge < -0.3 is 5.11 Å². The third-order valence-corrected chi connectivity index (χ3v) is 7.27. The molecule has 1 aliphatic heterocycles. The quantitative estimate of drug-likeness (QED) is 0.496. The summed E-state index contributed by atoms with van der Waals surface area (Å²) in [6.07, 6.45) is -10.6. The number of aryl methyl sites for hydroxylation is 2. The highest BCUT2D eigenvalue weighted by molar-refractivity contribution is 7.92. The highest BCUT2D eigenvalue weighted by Gasteiger charge is 2.71. The van der Waals surface area contributed by atoms with Gasteiger partial charge in [0.05, 0.1) is 16.6 Å². The van der Waals surface area contributed by atoms with Crippen LogP contribution in [0, 0.1) is 6.92 Å². The van der Waals surface area contributed by atoms with Gasteiger partial charge in [0.15, 0.2) is 0 Å². The lowest BCUT2D eigenvalue weighted by atomic mass is 9.88. The molecule has 2 aromatic carbocycles. The van der Waals surface area contributed by atoms with E-state index in [0.29, 0.717) is 12.1 Å². The predicted octanol–water partition coefficient (Wildman–Crippen LogP) is 5.00. The van der Waals surface area contributed by atoms with Crippen molar-refractivity contribution in [2.24, 2.45) is 0 Å². The lowest BCUT2D eigenvalue weighted by Crippen LogP contribution is -2.54. The Balaban J connectivity index is 2.18. The topological polar surface area (TPSA) is 57.6 Å². The molecule has 1 atom stereocenters. The number of nitrogens with zero attached hydrogens (tertiary/aromatic N) is 1. The molecule has 2 aromatic rings. The molecule has 0 amide bonds. The Morgan fingerprint density at radius 2 is 1.59 bits per heavy atom. The second-order valence-electron chi connectivity index (χ2n) is 7.51. The summed E-state index contributed by atoms with van der Waals surface area (Å²) in [4.78, 5) is -0.0889. The van der Waals surface area contributed by atoms with Crippen LogP contribution in [-0.4, -0.2) is 31.9 Å². The lowest BCUT2D eigenvalue weighted by Gasteiger charge is -2.38. The van der Waals surface area contributed by atoms with E-state index in [9.17, 15) is 39.9 Å². The summed E-state index contributed by atoms with van der Waals surface area (Å²) in [6.45, 7) is 5.36. The highest BCUT2D eigenvalue weighted by atomic mass is 32.2. The zero-order valence-corrected chi connectivity index (χ0v) is 17.5. The number of hydrogen-bond acceptors (Lipinski definition) is 3. The van der Waals surface area contributed by atoms with Gasteiger partial charge in [-0.1, -0.05) is 35.9 Å². The minimum absolute atomic E-state index is 0.00836. The van der Waals surface area contributed by atoms with Crippen LogP contribution in [0.25, 0.3) is 0 Å². The first kappa shape index (κ1) is 24.1. The standard InChI is InChI=1S/C21H19F6NO3S/c1-3-16-8-6-14-12-15(19(29,20(22,23)24)21(25,26)27)7-11-18(14)28(16)32(30,31)17-9-4-13(2)5-10-17/h3-5,7,9-12,16,29H,1,6,8H2,2H3/t16-/m1/s1. The van der Waals surface area contributed by atoms with Crippen LogP contribution < -0.4 is 4.31 Å². The normalized spacial score (nSPS) is 17.8. The van der Waals surface area contributed by atoms with Gasteiger partial charge in [-0.25, -0.2) is 8.42 Å². The van der Waals surface area contributed by atoms with E-state index in [-0.39, 0.29) is 29.0 Å². The van der Waals surface area contributed by atoms with Crippen molar-refractivity contribution in [2.45, 2.75) is 48.7 Å². The summed E-state index contributed by atoms with van der Waals surface area (Å²) in [6, 6.07) is 6.96. The van der Waals surface area contributed by atoms with Crippen LogP contribution in [0.2, 0.25) is 0 Å². The van der Waals surface area contributed by atoms with E-state index in [4.69, 9.17) is 0 Å². The molecule has 1 aliphatic rings. The molecule has 0 unspecified atom stereocenters. The first-order valence-electron chi connectivity index (χ1n) is 9.37. The monoisotopic (exact) mass is 479 g/mol. The van der Waals surface area contributed by atoms with Gasteiger partial charge in [0.25, 0.3) is 15.6 Å². The highest BCUT2D eigenvalue weighted by Crippen LogP contribution is 2.51. The molecule has 3 rings (SSSR count). The van der Waals surface area contributed by atoms with Gasteiger partial charge in [0.2, 0.25) is 0 Å². The molecule has 11 heteroatoms. The number of benzene rings is 2. The fourth-order valence-corrected chi connectivity index (χ4v) is 5.35. The molecule has 0 aromatic heterocycles. The van der Waals surface area contributed by atoms with E-state index in [0.717, 1.165) is 15.9 Å². The molecule has 0 saturated carbocycles. The van der Waals surface area contributed by atoms with Crippen LogP contribution in [0.3, 0.4) is 0 Å². The van der Waals surface area contributed by atoms with E-state index in [1.165, 1.54) is 18.2 Å². The van der Waals surface area contributed by atoms with Crippen LogP contribution in [0.5, 0.6) is 0 Å². The number of anilines is 1. The van der Waals surface area contributed by atoms with Gasteiger partial charge in [-0.2, -0.15) is 26.3 Å². The SMILES string of the molecule is C=C[C@@H]1CCc2cc(C(O)(C(F)(F)F)C(F)(F)F)ccc2N1S(=O)(=O)c1ccc(C)cc1. The number of rotatable bonds is 4. The molecule has 174 valence electrons. The number of sulfonamides is 1. The molecule has 0 fully saturated rings. The van der Waals surface area contributed by atoms with Crippen molar-refractivity contribution >= 4 is 15.7 Å². The first-order chi connectivity index (χ1) is 14.6. The Morgan fingerprint density at radius 3 is 2.09 bits per heavy atom. The fourth-order valence-electron chi connectivity index (χ4n) is 3.66. The van der Waals surface area contributed by atoms with Gasteiger partial charge in [-0.05, 0) is 43.5 Å². The lowest BCUT2D eigenvalue weighted by molar-refractivity contribution is -0.376. The van der Waals surface area contributed by atoms with E-state index in [1.807, 2.05) is 0 Å². The van der Waals surface area contributed by atoms with Gasteiger partial charge in [-0.3, -0.25) is 4.31 Å². The van der Waals surface area contributed by atoms with Crippen LogP contribution >= 0.6 is 0 Å². The van der Waals surface area contributed by atoms with E-state index >= 15 is 0 Å². The van der Waals surface area contributed by atoms with Crippen molar-refractivity contribution in [3.05, 3.63) is 71.8 Å². The molecule has 0 aliphatic carbocycles. The van der Waals surface area contributed by atoms with Gasteiger partial charge in [0.1, 0.15) is 0 Å². The van der Waals surface area contributed by atoms with Crippen LogP contribution in [0.15, 0.2) is 60.0 Å². The average molecular weight is 479 g/mol. The summed E-state index contributed by atoms with van der Waals surface area (Å²) >= 11 is 0. The van der Waals surface area contributed by atoms with E-state index < -0.39 is 39.6 Å². The molecule has 0 saturated heterocycles. The molecule has 1 N–H and O–H groups in total. The van der Waals surface area contributed by atoms with Crippen LogP contribution in [-0.2, 0) is 22.0 Å². The molecular weight excluding hydrogens is 460 g/mol. The summed E-state index contributed by atoms with van der Waals surface area (Å²) in [7, 11) is -4.20. The maximum atomic E-state index is 13.3. The van der Waals surface area contributed by atoms with Crippen molar-refractivity contribution in [3.63, 3.8) is 0 Å². The number of hydrogen-bond donors (Lipinski definition) is 1. The maximum Gasteiger partial charge on any atom is 0.430 e. The van der Waals surface area contributed by atoms with E-state index in [2.05, 4.69) is 6.58 Å². The van der Waals surface area contributed by atoms with Gasteiger partial charge in [-0.15, -0.1) is 6.58 Å². The Bertz CT molecular complexity index is 1110. The molecule has 4 nitrogen and oxygen atoms in total. The van der Waals surface area contributed by atoms with Gasteiger partial charge >= 0.3 is 12.4 Å². The third-order valence-electron chi connectivity index (χ3n) is 5.42. The van der Waals surface area contributed by atoms with Crippen molar-refractivity contribution in [1.82, 2.24) is 0 Å². The maximum absolute atomic E-state index is 13.3. The second kappa shape index (κ2) is 7.80. The number of fused-ring (bicyclic) bond motifs is 1. The number of aliphatic hydroxyl groups is 1. The Labute approximate surface area is 180 Å². The average Bonchev–Trinajstić information content (AvgIpc) is 2.70. The second-order valence-corrected chi connectivity index (χ2v) is 9.32. The van der Waals surface area contributed by atoms with Crippen LogP contribution in [0.1, 0.15) is 23.1 Å². The van der Waals surface area contributed by atoms with Crippen molar-refractivity contribution in [1.29, 1.82) is 0 Å². The zero-order chi connectivity index (χ0) is 24.1. The molecule has 1 heterocycles. The Kier molecular flexibility index (Phi) is 5.88. The minimum atomic E-state index is -6.04. The summed E-state index contributed by atoms with van der Waals surface area (Å²) < 4.78 is 107. The molecular formula is C21H19F6NO3S. The summed E-state index contributed by atoms with van der Waals surface area (Å²) in [5.41, 5.74) is -5.86. The van der Waals surface area contributed by atoms with Crippen molar-refractivity contribution in [2.75, 3.05) is 4.31 Å². The minimum Gasteiger partial charge on any atom is -0.369 e. The Hall–Kier alpha value is -2.53. The largest absolute Gasteiger partial charge is 0.430 e. The fraction of sp³-hybridized carbons (Fsp3) is 0.333. The molecule has 0 radical (unpaired) electrons. The predicted molar refractivity (Wildman–Crippen MR) is 106 cm³/mol. The summed E-state index contributed by atoms with van der Waals surface area (Å²) in [5, 5.41) is 9.69. The Morgan fingerprint density at radius 1 is 1.03 bits per heavy atom. The van der Waals surface area contributed by atoms with Crippen molar-refractivity contribution < 1.29 is 39.9 Å². The number of halogens is 6. The van der Waals surface area contributed by atoms with Crippen molar-refractivity contribution in [3.8, 4) is 0 Å². The zero-order valence-electron chi connectivity index (χ0n) is 16.7. The van der Waals surface area contributed by atoms with E-state index in [1.54, 1.807) is 19.1 Å². The smallest absolute Gasteiger partial charge is 0.369 e. The molecule has 0 bridgehead atoms. The van der Waals surface area contributed by atoms with Crippen LogP contribution in [0.4, 0.5) is 32.0 Å². The molecule has 0 spiro atoms. The first-order valence-corrected chi connectivity index (χ1v) is 10.8. The molecule has 32 heavy (non-hydrogen) atoms.